The zero-order valence-electron chi connectivity index (χ0n) is 18.1. The number of nitrogens with zero attached hydrogens (tertiary/aromatic N) is 2. The molecule has 2 aliphatic heterocycles. The third-order valence-electron chi connectivity index (χ3n) is 5.44. The summed E-state index contributed by atoms with van der Waals surface area (Å²) >= 11 is 1.46. The lowest BCUT2D eigenvalue weighted by Crippen LogP contribution is -2.46. The van der Waals surface area contributed by atoms with E-state index in [0.717, 1.165) is 10.4 Å². The van der Waals surface area contributed by atoms with Crippen LogP contribution in [0, 0.1) is 0 Å². The van der Waals surface area contributed by atoms with Gasteiger partial charge in [0.15, 0.2) is 11.5 Å². The molecule has 8 heteroatoms. The number of carbonyl (C=O) groups excluding carboxylic acids is 2. The minimum absolute atomic E-state index is 0.0244. The van der Waals surface area contributed by atoms with Gasteiger partial charge < -0.3 is 19.1 Å². The third kappa shape index (κ3) is 4.05. The van der Waals surface area contributed by atoms with E-state index in [1.807, 2.05) is 42.3 Å². The van der Waals surface area contributed by atoms with Gasteiger partial charge in [-0.1, -0.05) is 12.1 Å². The van der Waals surface area contributed by atoms with Crippen LogP contribution in [0.5, 0.6) is 11.5 Å². The monoisotopic (exact) mass is 442 g/mol. The molecule has 31 heavy (non-hydrogen) atoms. The van der Waals surface area contributed by atoms with E-state index in [1.165, 1.54) is 16.2 Å². The van der Waals surface area contributed by atoms with Crippen LogP contribution in [0.3, 0.4) is 0 Å². The van der Waals surface area contributed by atoms with E-state index >= 15 is 0 Å². The van der Waals surface area contributed by atoms with Gasteiger partial charge in [-0.15, -0.1) is 11.3 Å². The Labute approximate surface area is 185 Å². The molecule has 1 aromatic carbocycles. The second-order valence-corrected chi connectivity index (χ2v) is 8.70. The van der Waals surface area contributed by atoms with E-state index in [9.17, 15) is 9.59 Å². The summed E-state index contributed by atoms with van der Waals surface area (Å²) in [7, 11) is 3.13. The van der Waals surface area contributed by atoms with Crippen molar-refractivity contribution in [1.29, 1.82) is 0 Å². The van der Waals surface area contributed by atoms with Gasteiger partial charge in [-0.2, -0.15) is 0 Å². The molecule has 3 heterocycles. The minimum Gasteiger partial charge on any atom is -0.493 e. The second kappa shape index (κ2) is 8.72. The van der Waals surface area contributed by atoms with Gasteiger partial charge in [0.05, 0.1) is 38.5 Å². The lowest BCUT2D eigenvalue weighted by atomic mass is 10.1. The predicted molar refractivity (Wildman–Crippen MR) is 118 cm³/mol. The first-order chi connectivity index (χ1) is 14.9. The highest BCUT2D eigenvalue weighted by Gasteiger charge is 2.43. The molecule has 7 nitrogen and oxygen atoms in total. The summed E-state index contributed by atoms with van der Waals surface area (Å²) in [6.45, 7) is 5.26. The van der Waals surface area contributed by atoms with Gasteiger partial charge in [0, 0.05) is 18.0 Å². The van der Waals surface area contributed by atoms with Crippen LogP contribution in [-0.4, -0.2) is 61.1 Å². The van der Waals surface area contributed by atoms with Crippen molar-refractivity contribution in [2.75, 3.05) is 27.3 Å². The van der Waals surface area contributed by atoms with Crippen LogP contribution < -0.4 is 9.47 Å². The van der Waals surface area contributed by atoms with Crippen molar-refractivity contribution < 1.29 is 23.8 Å². The molecule has 2 aliphatic rings. The quantitative estimate of drug-likeness (QED) is 0.641. The first kappa shape index (κ1) is 21.4. The fraction of sp³-hybridized carbons (Fsp3) is 0.391. The summed E-state index contributed by atoms with van der Waals surface area (Å²) in [5.74, 6) is 0.606. The average molecular weight is 443 g/mol. The van der Waals surface area contributed by atoms with Gasteiger partial charge in [-0.05, 0) is 43.0 Å². The molecule has 0 N–H and O–H groups in total. The first-order valence-electron chi connectivity index (χ1n) is 10.2. The average Bonchev–Trinajstić information content (AvgIpc) is 3.35. The smallest absolute Gasteiger partial charge is 0.278 e. The Morgan fingerprint density at radius 1 is 1.03 bits per heavy atom. The number of ether oxygens (including phenoxy) is 3. The van der Waals surface area contributed by atoms with Crippen molar-refractivity contribution >= 4 is 28.7 Å². The van der Waals surface area contributed by atoms with Crippen molar-refractivity contribution in [3.63, 3.8) is 0 Å². The van der Waals surface area contributed by atoms with Gasteiger partial charge in [0.1, 0.15) is 5.70 Å². The molecule has 0 bridgehead atoms. The van der Waals surface area contributed by atoms with Crippen LogP contribution in [0.15, 0.2) is 41.4 Å². The topological polar surface area (TPSA) is 68.3 Å². The Hall–Kier alpha value is -2.84. The van der Waals surface area contributed by atoms with E-state index in [4.69, 9.17) is 14.2 Å². The molecule has 1 saturated heterocycles. The molecule has 0 spiro atoms. The summed E-state index contributed by atoms with van der Waals surface area (Å²) in [6.07, 6.45) is -0.0488. The second-order valence-electron chi connectivity index (χ2n) is 7.75. The lowest BCUT2D eigenvalue weighted by molar-refractivity contribution is -0.139. The van der Waals surface area contributed by atoms with E-state index in [1.54, 1.807) is 26.4 Å². The van der Waals surface area contributed by atoms with E-state index in [2.05, 4.69) is 0 Å². The summed E-state index contributed by atoms with van der Waals surface area (Å²) in [6, 6.07) is 9.19. The lowest BCUT2D eigenvalue weighted by Gasteiger charge is -2.37. The number of carbonyl (C=O) groups is 2. The van der Waals surface area contributed by atoms with Crippen LogP contribution in [-0.2, 0) is 20.9 Å². The maximum atomic E-state index is 13.5. The molecule has 4 rings (SSSR count). The zero-order valence-corrected chi connectivity index (χ0v) is 18.9. The Morgan fingerprint density at radius 2 is 1.74 bits per heavy atom. The maximum Gasteiger partial charge on any atom is 0.278 e. The zero-order chi connectivity index (χ0) is 22.1. The Kier molecular flexibility index (Phi) is 6.02. The fourth-order valence-electron chi connectivity index (χ4n) is 4.17. The predicted octanol–water partition coefficient (Wildman–Crippen LogP) is 3.15. The summed E-state index contributed by atoms with van der Waals surface area (Å²) in [5.41, 5.74) is 1.73. The minimum atomic E-state index is -0.274. The highest BCUT2D eigenvalue weighted by atomic mass is 32.1. The molecule has 2 amide bonds. The third-order valence-corrected chi connectivity index (χ3v) is 6.32. The normalized spacial score (nSPS) is 21.8. The molecule has 1 fully saturated rings. The van der Waals surface area contributed by atoms with Crippen LogP contribution in [0.25, 0.3) is 5.57 Å². The van der Waals surface area contributed by atoms with Crippen molar-refractivity contribution in [3.05, 3.63) is 51.8 Å². The van der Waals surface area contributed by atoms with Crippen molar-refractivity contribution in [1.82, 2.24) is 9.80 Å². The number of imide groups is 1. The SMILES string of the molecule is COc1ccc(CN2C(=O)C(c3cccs3)=C(N3CC(C)OC(C)C3)C2=O)cc1OC. The molecule has 2 atom stereocenters. The molecule has 0 aliphatic carbocycles. The van der Waals surface area contributed by atoms with E-state index < -0.39 is 0 Å². The number of thiophene rings is 1. The van der Waals surface area contributed by atoms with Gasteiger partial charge in [0.25, 0.3) is 11.8 Å². The fourth-order valence-corrected chi connectivity index (χ4v) is 4.93. The number of morpholine rings is 1. The molecule has 0 saturated carbocycles. The number of hydrogen-bond donors (Lipinski definition) is 0. The largest absolute Gasteiger partial charge is 0.493 e. The van der Waals surface area contributed by atoms with Crippen LogP contribution in [0.1, 0.15) is 24.3 Å². The Balaban J connectivity index is 1.69. The summed E-state index contributed by atoms with van der Waals surface area (Å²) in [4.78, 5) is 31.1. The number of benzene rings is 1. The molecule has 2 unspecified atom stereocenters. The molecular formula is C23H26N2O5S. The molecule has 2 aromatic rings. The summed E-state index contributed by atoms with van der Waals surface area (Å²) < 4.78 is 16.5. The highest BCUT2D eigenvalue weighted by molar-refractivity contribution is 7.11. The molecular weight excluding hydrogens is 416 g/mol. The van der Waals surface area contributed by atoms with Crippen LogP contribution >= 0.6 is 11.3 Å². The number of rotatable bonds is 6. The van der Waals surface area contributed by atoms with Gasteiger partial charge in [-0.3, -0.25) is 14.5 Å². The van der Waals surface area contributed by atoms with Gasteiger partial charge in [0.2, 0.25) is 0 Å². The Morgan fingerprint density at radius 3 is 2.35 bits per heavy atom. The Bertz CT molecular complexity index is 1010. The highest BCUT2D eigenvalue weighted by Crippen LogP contribution is 2.36. The van der Waals surface area contributed by atoms with Crippen molar-refractivity contribution in [3.8, 4) is 11.5 Å². The number of amides is 2. The van der Waals surface area contributed by atoms with Crippen LogP contribution in [0.4, 0.5) is 0 Å². The van der Waals surface area contributed by atoms with E-state index in [-0.39, 0.29) is 30.6 Å². The van der Waals surface area contributed by atoms with E-state index in [0.29, 0.717) is 35.9 Å². The number of hydrogen-bond acceptors (Lipinski definition) is 7. The van der Waals surface area contributed by atoms with Crippen LogP contribution in [0.2, 0.25) is 0 Å². The molecule has 0 radical (unpaired) electrons. The standard InChI is InChI=1S/C23H26N2O5S/c1-14-11-24(12-15(2)30-14)21-20(19-6-5-9-31-19)22(26)25(23(21)27)13-16-7-8-17(28-3)18(10-16)29-4/h5-10,14-15H,11-13H2,1-4H3. The molecule has 1 aromatic heterocycles. The number of methoxy groups -OCH3 is 2. The van der Waals surface area contributed by atoms with Crippen molar-refractivity contribution in [2.24, 2.45) is 0 Å². The maximum absolute atomic E-state index is 13.5. The van der Waals surface area contributed by atoms with Gasteiger partial charge in [-0.25, -0.2) is 0 Å². The van der Waals surface area contributed by atoms with Gasteiger partial charge >= 0.3 is 0 Å². The summed E-state index contributed by atoms with van der Waals surface area (Å²) in [5, 5.41) is 1.92. The van der Waals surface area contributed by atoms with Crippen molar-refractivity contribution in [2.45, 2.75) is 32.6 Å². The molecule has 164 valence electrons. The first-order valence-corrected chi connectivity index (χ1v) is 11.1.